The maximum absolute atomic E-state index is 12.2. The standard InChI is InChI=1S/C14H22N6O6S/c15-8(1-7-2-16-6-18-7)12(24)19-9(4-21)14(26)20-10(5-27)13(25)17-3-11(22)23/h2,6,8-10,21,27H,1,3-5,15H2,(H,16,18)(H,17,25)(H,19,24)(H,20,26)(H,22,23). The largest absolute Gasteiger partial charge is 0.480 e. The number of aliphatic carboxylic acids is 1. The molecule has 0 fully saturated rings. The van der Waals surface area contributed by atoms with E-state index >= 15 is 0 Å². The summed E-state index contributed by atoms with van der Waals surface area (Å²) in [5.74, 6) is -3.66. The van der Waals surface area contributed by atoms with Gasteiger partial charge in [0.1, 0.15) is 18.6 Å². The molecule has 3 atom stereocenters. The number of hydrogen-bond acceptors (Lipinski definition) is 8. The van der Waals surface area contributed by atoms with E-state index in [-0.39, 0.29) is 12.2 Å². The molecule has 0 aromatic carbocycles. The Morgan fingerprint density at radius 1 is 1.19 bits per heavy atom. The number of nitrogens with zero attached hydrogens (tertiary/aromatic N) is 1. The highest BCUT2D eigenvalue weighted by atomic mass is 32.1. The molecule has 0 aliphatic rings. The summed E-state index contributed by atoms with van der Waals surface area (Å²) in [5.41, 5.74) is 6.37. The van der Waals surface area contributed by atoms with Crippen molar-refractivity contribution in [3.8, 4) is 0 Å². The number of aliphatic hydroxyl groups is 1. The molecule has 0 aliphatic carbocycles. The van der Waals surface area contributed by atoms with Gasteiger partial charge in [-0.3, -0.25) is 19.2 Å². The van der Waals surface area contributed by atoms with Gasteiger partial charge in [0.05, 0.1) is 19.0 Å². The van der Waals surface area contributed by atoms with Crippen molar-refractivity contribution in [2.45, 2.75) is 24.5 Å². The number of hydrogen-bond donors (Lipinski definition) is 8. The van der Waals surface area contributed by atoms with Gasteiger partial charge in [0, 0.05) is 24.1 Å². The van der Waals surface area contributed by atoms with Crippen molar-refractivity contribution in [1.82, 2.24) is 25.9 Å². The lowest BCUT2D eigenvalue weighted by molar-refractivity contribution is -0.138. The van der Waals surface area contributed by atoms with E-state index < -0.39 is 55.0 Å². The topological polar surface area (TPSA) is 200 Å². The number of nitrogens with two attached hydrogens (primary N) is 1. The number of carboxylic acids is 1. The minimum Gasteiger partial charge on any atom is -0.480 e. The molecule has 8 N–H and O–H groups in total. The first-order chi connectivity index (χ1) is 12.8. The first kappa shape index (κ1) is 22.4. The van der Waals surface area contributed by atoms with Crippen LogP contribution < -0.4 is 21.7 Å². The zero-order valence-corrected chi connectivity index (χ0v) is 15.1. The molecule has 0 spiro atoms. The minimum absolute atomic E-state index is 0.122. The van der Waals surface area contributed by atoms with Crippen molar-refractivity contribution < 1.29 is 29.4 Å². The lowest BCUT2D eigenvalue weighted by Crippen LogP contribution is -2.57. The lowest BCUT2D eigenvalue weighted by Gasteiger charge is -2.22. The fraction of sp³-hybridized carbons (Fsp3) is 0.500. The highest BCUT2D eigenvalue weighted by Gasteiger charge is 2.27. The summed E-state index contributed by atoms with van der Waals surface area (Å²) >= 11 is 3.92. The molecule has 150 valence electrons. The molecule has 27 heavy (non-hydrogen) atoms. The number of H-pyrrole nitrogens is 1. The third-order valence-electron chi connectivity index (χ3n) is 3.38. The summed E-state index contributed by atoms with van der Waals surface area (Å²) in [7, 11) is 0. The van der Waals surface area contributed by atoms with Crippen molar-refractivity contribution in [3.05, 3.63) is 18.2 Å². The van der Waals surface area contributed by atoms with Crippen molar-refractivity contribution in [2.75, 3.05) is 18.9 Å². The number of aliphatic hydroxyl groups excluding tert-OH is 1. The summed E-state index contributed by atoms with van der Waals surface area (Å²) in [4.78, 5) is 53.1. The molecular weight excluding hydrogens is 380 g/mol. The van der Waals surface area contributed by atoms with Gasteiger partial charge in [-0.25, -0.2) is 4.98 Å². The fourth-order valence-corrected chi connectivity index (χ4v) is 2.21. The van der Waals surface area contributed by atoms with Crippen LogP contribution in [0.1, 0.15) is 5.69 Å². The number of thiol groups is 1. The highest BCUT2D eigenvalue weighted by molar-refractivity contribution is 7.80. The number of nitrogens with one attached hydrogen (secondary N) is 4. The zero-order chi connectivity index (χ0) is 20.4. The maximum Gasteiger partial charge on any atom is 0.322 e. The number of carbonyl (C=O) groups excluding carboxylic acids is 3. The van der Waals surface area contributed by atoms with Crippen LogP contribution >= 0.6 is 12.6 Å². The van der Waals surface area contributed by atoms with Crippen molar-refractivity contribution in [2.24, 2.45) is 5.73 Å². The Hall–Kier alpha value is -2.64. The molecule has 1 aromatic rings. The van der Waals surface area contributed by atoms with E-state index in [1.165, 1.54) is 12.5 Å². The molecule has 0 bridgehead atoms. The van der Waals surface area contributed by atoms with E-state index in [1.807, 2.05) is 0 Å². The normalized spacial score (nSPS) is 13.9. The van der Waals surface area contributed by atoms with E-state index in [0.717, 1.165) is 0 Å². The molecule has 1 rings (SSSR count). The van der Waals surface area contributed by atoms with E-state index in [2.05, 4.69) is 38.5 Å². The Labute approximate surface area is 159 Å². The predicted molar refractivity (Wildman–Crippen MR) is 95.7 cm³/mol. The van der Waals surface area contributed by atoms with Gasteiger partial charge < -0.3 is 36.9 Å². The van der Waals surface area contributed by atoms with Crippen LogP contribution in [0.15, 0.2) is 12.5 Å². The number of carbonyl (C=O) groups is 4. The van der Waals surface area contributed by atoms with Crippen LogP contribution in [0.4, 0.5) is 0 Å². The number of aromatic amines is 1. The number of imidazole rings is 1. The maximum atomic E-state index is 12.2. The van der Waals surface area contributed by atoms with Crippen molar-refractivity contribution >= 4 is 36.3 Å². The SMILES string of the molecule is NC(Cc1cnc[nH]1)C(=O)NC(CO)C(=O)NC(CS)C(=O)NCC(=O)O. The first-order valence-corrected chi connectivity index (χ1v) is 8.46. The van der Waals surface area contributed by atoms with Crippen molar-refractivity contribution in [1.29, 1.82) is 0 Å². The molecule has 0 radical (unpaired) electrons. The van der Waals surface area contributed by atoms with Crippen LogP contribution in [0.25, 0.3) is 0 Å². The van der Waals surface area contributed by atoms with E-state index in [4.69, 9.17) is 10.8 Å². The Morgan fingerprint density at radius 3 is 2.37 bits per heavy atom. The molecule has 3 amide bonds. The second kappa shape index (κ2) is 11.2. The Morgan fingerprint density at radius 2 is 1.85 bits per heavy atom. The van der Waals surface area contributed by atoms with Gasteiger partial charge in [-0.1, -0.05) is 0 Å². The third-order valence-corrected chi connectivity index (χ3v) is 3.74. The third kappa shape index (κ3) is 7.64. The Kier molecular flexibility index (Phi) is 9.25. The number of carboxylic acid groups (broad SMARTS) is 1. The molecule has 3 unspecified atom stereocenters. The van der Waals surface area contributed by atoms with Crippen LogP contribution in [-0.4, -0.2) is 80.9 Å². The van der Waals surface area contributed by atoms with Gasteiger partial charge in [0.25, 0.3) is 0 Å². The number of rotatable bonds is 11. The van der Waals surface area contributed by atoms with E-state index in [0.29, 0.717) is 5.69 Å². The van der Waals surface area contributed by atoms with Crippen LogP contribution in [0, 0.1) is 0 Å². The van der Waals surface area contributed by atoms with Gasteiger partial charge >= 0.3 is 5.97 Å². The second-order valence-corrected chi connectivity index (χ2v) is 5.85. The molecule has 1 heterocycles. The van der Waals surface area contributed by atoms with Gasteiger partial charge in [-0.15, -0.1) is 0 Å². The van der Waals surface area contributed by atoms with Crippen molar-refractivity contribution in [3.63, 3.8) is 0 Å². The summed E-state index contributed by atoms with van der Waals surface area (Å²) in [6.45, 7) is -1.36. The van der Waals surface area contributed by atoms with Crippen LogP contribution in [0.5, 0.6) is 0 Å². The molecule has 12 nitrogen and oxygen atoms in total. The van der Waals surface area contributed by atoms with Gasteiger partial charge in [-0.05, 0) is 0 Å². The smallest absolute Gasteiger partial charge is 0.322 e. The average molecular weight is 402 g/mol. The van der Waals surface area contributed by atoms with E-state index in [9.17, 15) is 24.3 Å². The predicted octanol–water partition coefficient (Wildman–Crippen LogP) is -3.63. The summed E-state index contributed by atoms with van der Waals surface area (Å²) in [6.07, 6.45) is 3.07. The fourth-order valence-electron chi connectivity index (χ4n) is 1.95. The molecular formula is C14H22N6O6S. The minimum atomic E-state index is -1.35. The molecule has 0 aliphatic heterocycles. The summed E-state index contributed by atoms with van der Waals surface area (Å²) < 4.78 is 0. The quantitative estimate of drug-likeness (QED) is 0.173. The number of amides is 3. The number of aromatic nitrogens is 2. The zero-order valence-electron chi connectivity index (χ0n) is 14.2. The van der Waals surface area contributed by atoms with Crippen LogP contribution in [-0.2, 0) is 25.6 Å². The second-order valence-electron chi connectivity index (χ2n) is 5.49. The monoisotopic (exact) mass is 402 g/mol. The summed E-state index contributed by atoms with van der Waals surface area (Å²) in [5, 5.41) is 24.6. The molecule has 13 heteroatoms. The highest BCUT2D eigenvalue weighted by Crippen LogP contribution is 1.98. The first-order valence-electron chi connectivity index (χ1n) is 7.83. The van der Waals surface area contributed by atoms with Gasteiger partial charge in [0.15, 0.2) is 0 Å². The molecule has 0 saturated carbocycles. The van der Waals surface area contributed by atoms with Crippen LogP contribution in [0.2, 0.25) is 0 Å². The molecule has 1 aromatic heterocycles. The lowest BCUT2D eigenvalue weighted by atomic mass is 10.1. The van der Waals surface area contributed by atoms with Crippen LogP contribution in [0.3, 0.4) is 0 Å². The Balaban J connectivity index is 2.59. The van der Waals surface area contributed by atoms with Gasteiger partial charge in [0.2, 0.25) is 17.7 Å². The Bertz CT molecular complexity index is 655. The van der Waals surface area contributed by atoms with E-state index in [1.54, 1.807) is 0 Å². The van der Waals surface area contributed by atoms with Gasteiger partial charge in [-0.2, -0.15) is 12.6 Å². The average Bonchev–Trinajstić information content (AvgIpc) is 3.14. The summed E-state index contributed by atoms with van der Waals surface area (Å²) in [6, 6.07) is -3.49. The molecule has 0 saturated heterocycles.